The largest absolute Gasteiger partial charge is 0.494 e. The van der Waals surface area contributed by atoms with E-state index in [0.717, 1.165) is 23.4 Å². The summed E-state index contributed by atoms with van der Waals surface area (Å²) in [5, 5.41) is 1.33. The Morgan fingerprint density at radius 2 is 1.65 bits per heavy atom. The quantitative estimate of drug-likeness (QED) is 0.342. The Balaban J connectivity index is 1.56. The Morgan fingerprint density at radius 3 is 2.35 bits per heavy atom. The van der Waals surface area contributed by atoms with Crippen LogP contribution >= 0.6 is 11.8 Å². The smallest absolute Gasteiger partial charge is 0.261 e. The summed E-state index contributed by atoms with van der Waals surface area (Å²) in [4.78, 5) is 17.0. The fourth-order valence-corrected chi connectivity index (χ4v) is 3.26. The van der Waals surface area contributed by atoms with Gasteiger partial charge in [0, 0.05) is 12.8 Å². The van der Waals surface area contributed by atoms with Crippen LogP contribution in [0.15, 0.2) is 58.5 Å². The molecule has 1 aromatic heterocycles. The molecule has 0 amide bonds. The molecule has 2 aromatic carbocycles. The lowest BCUT2D eigenvalue weighted by Gasteiger charge is -2.10. The summed E-state index contributed by atoms with van der Waals surface area (Å²) in [6, 6.07) is 15.0. The van der Waals surface area contributed by atoms with Gasteiger partial charge in [0.1, 0.15) is 11.5 Å². The van der Waals surface area contributed by atoms with Gasteiger partial charge in [-0.2, -0.15) is 0 Å². The highest BCUT2D eigenvalue weighted by molar-refractivity contribution is 7.99. The van der Waals surface area contributed by atoms with Crippen LogP contribution in [0.2, 0.25) is 0 Å². The number of benzene rings is 2. The minimum atomic E-state index is -0.0262. The summed E-state index contributed by atoms with van der Waals surface area (Å²) in [7, 11) is 1.75. The van der Waals surface area contributed by atoms with E-state index in [4.69, 9.17) is 9.47 Å². The fraction of sp³-hybridized carbons (Fsp3) is 0.300. The second-order valence-electron chi connectivity index (χ2n) is 5.79. The number of thioether (sulfide) groups is 1. The molecule has 0 aliphatic rings. The highest BCUT2D eigenvalue weighted by Crippen LogP contribution is 2.20. The lowest BCUT2D eigenvalue weighted by Crippen LogP contribution is -2.20. The second kappa shape index (κ2) is 8.76. The van der Waals surface area contributed by atoms with Crippen LogP contribution < -0.4 is 15.0 Å². The third-order valence-electron chi connectivity index (χ3n) is 3.82. The minimum absolute atomic E-state index is 0.0262. The predicted molar refractivity (Wildman–Crippen MR) is 105 cm³/mol. The van der Waals surface area contributed by atoms with Gasteiger partial charge >= 0.3 is 0 Å². The maximum atomic E-state index is 12.4. The van der Waals surface area contributed by atoms with E-state index in [2.05, 4.69) is 11.9 Å². The predicted octanol–water partition coefficient (Wildman–Crippen LogP) is 3.89. The molecule has 1 heterocycles. The molecule has 0 aliphatic heterocycles. The van der Waals surface area contributed by atoms with Crippen molar-refractivity contribution in [2.45, 2.75) is 18.5 Å². The molecule has 0 fully saturated rings. The molecule has 0 saturated heterocycles. The number of ether oxygens (including phenoxy) is 2. The summed E-state index contributed by atoms with van der Waals surface area (Å²) in [6.45, 7) is 3.33. The van der Waals surface area contributed by atoms with Crippen molar-refractivity contribution in [2.75, 3.05) is 19.0 Å². The molecule has 0 unspecified atom stereocenters. The molecule has 136 valence electrons. The van der Waals surface area contributed by atoms with Gasteiger partial charge in [-0.15, -0.1) is 0 Å². The number of para-hydroxylation sites is 1. The first-order valence-corrected chi connectivity index (χ1v) is 9.62. The molecule has 5 nitrogen and oxygen atoms in total. The van der Waals surface area contributed by atoms with Crippen LogP contribution in [0.3, 0.4) is 0 Å². The summed E-state index contributed by atoms with van der Waals surface area (Å²) in [5.74, 6) is 2.35. The van der Waals surface area contributed by atoms with Crippen LogP contribution in [-0.2, 0) is 7.05 Å². The molecule has 0 bridgehead atoms. The van der Waals surface area contributed by atoms with Crippen molar-refractivity contribution in [1.29, 1.82) is 0 Å². The summed E-state index contributed by atoms with van der Waals surface area (Å²) in [6.07, 6.45) is 0.987. The van der Waals surface area contributed by atoms with Crippen LogP contribution in [0, 0.1) is 0 Å². The normalized spacial score (nSPS) is 10.8. The lowest BCUT2D eigenvalue weighted by atomic mass is 10.2. The first-order valence-electron chi connectivity index (χ1n) is 8.63. The first-order chi connectivity index (χ1) is 12.7. The second-order valence-corrected chi connectivity index (χ2v) is 6.85. The van der Waals surface area contributed by atoms with Crippen LogP contribution in [0.4, 0.5) is 0 Å². The van der Waals surface area contributed by atoms with Gasteiger partial charge in [-0.25, -0.2) is 4.98 Å². The van der Waals surface area contributed by atoms with E-state index >= 15 is 0 Å². The van der Waals surface area contributed by atoms with Crippen LogP contribution in [0.1, 0.15) is 13.3 Å². The summed E-state index contributed by atoms with van der Waals surface area (Å²) in [5.41, 5.74) is 0.698. The van der Waals surface area contributed by atoms with Crippen LogP contribution in [0.5, 0.6) is 11.5 Å². The molecule has 0 atom stereocenters. The number of hydrogen-bond donors (Lipinski definition) is 0. The van der Waals surface area contributed by atoms with E-state index < -0.39 is 0 Å². The number of hydrogen-bond acceptors (Lipinski definition) is 5. The SMILES string of the molecule is CCCOc1ccc(OCCSc2nc3ccccc3c(=O)n2C)cc1. The number of fused-ring (bicyclic) bond motifs is 1. The number of rotatable bonds is 8. The zero-order valence-electron chi connectivity index (χ0n) is 15.0. The third kappa shape index (κ3) is 4.38. The van der Waals surface area contributed by atoms with Crippen molar-refractivity contribution in [3.8, 4) is 11.5 Å². The maximum Gasteiger partial charge on any atom is 0.261 e. The zero-order valence-corrected chi connectivity index (χ0v) is 15.8. The molecule has 0 saturated carbocycles. The molecule has 0 radical (unpaired) electrons. The molecule has 0 N–H and O–H groups in total. The Kier molecular flexibility index (Phi) is 6.17. The minimum Gasteiger partial charge on any atom is -0.494 e. The lowest BCUT2D eigenvalue weighted by molar-refractivity contribution is 0.314. The monoisotopic (exact) mass is 370 g/mol. The van der Waals surface area contributed by atoms with Gasteiger partial charge in [0.2, 0.25) is 0 Å². The van der Waals surface area contributed by atoms with Crippen LogP contribution in [0.25, 0.3) is 10.9 Å². The Morgan fingerprint density at radius 1 is 1.00 bits per heavy atom. The van der Waals surface area contributed by atoms with E-state index in [9.17, 15) is 4.79 Å². The molecule has 3 rings (SSSR count). The standard InChI is InChI=1S/C20H22N2O3S/c1-3-12-24-15-8-10-16(11-9-15)25-13-14-26-20-21-18-7-5-4-6-17(18)19(23)22(20)2/h4-11H,3,12-14H2,1-2H3. The van der Waals surface area contributed by atoms with E-state index in [1.807, 2.05) is 42.5 Å². The van der Waals surface area contributed by atoms with E-state index in [1.165, 1.54) is 11.8 Å². The van der Waals surface area contributed by atoms with Crippen LogP contribution in [-0.4, -0.2) is 28.5 Å². The molecular formula is C20H22N2O3S. The fourth-order valence-electron chi connectivity index (χ4n) is 2.47. The summed E-state index contributed by atoms with van der Waals surface area (Å²) < 4.78 is 12.9. The topological polar surface area (TPSA) is 53.4 Å². The number of aromatic nitrogens is 2. The maximum absolute atomic E-state index is 12.4. The van der Waals surface area contributed by atoms with Gasteiger partial charge < -0.3 is 9.47 Å². The van der Waals surface area contributed by atoms with Crippen molar-refractivity contribution in [1.82, 2.24) is 9.55 Å². The van der Waals surface area contributed by atoms with Gasteiger partial charge in [-0.1, -0.05) is 30.8 Å². The molecular weight excluding hydrogens is 348 g/mol. The van der Waals surface area contributed by atoms with Gasteiger partial charge in [0.05, 0.1) is 24.1 Å². The molecule has 26 heavy (non-hydrogen) atoms. The van der Waals surface area contributed by atoms with Crippen molar-refractivity contribution in [2.24, 2.45) is 7.05 Å². The van der Waals surface area contributed by atoms with Gasteiger partial charge in [-0.05, 0) is 42.8 Å². The Hall–Kier alpha value is -2.47. The Labute approximate surface area is 157 Å². The molecule has 0 spiro atoms. The van der Waals surface area contributed by atoms with E-state index in [1.54, 1.807) is 17.7 Å². The average Bonchev–Trinajstić information content (AvgIpc) is 2.68. The molecule has 0 aliphatic carbocycles. The van der Waals surface area contributed by atoms with E-state index in [0.29, 0.717) is 29.5 Å². The zero-order chi connectivity index (χ0) is 18.4. The molecule has 3 aromatic rings. The van der Waals surface area contributed by atoms with Crippen molar-refractivity contribution >= 4 is 22.7 Å². The van der Waals surface area contributed by atoms with E-state index in [-0.39, 0.29) is 5.56 Å². The Bertz CT molecular complexity index is 922. The third-order valence-corrected chi connectivity index (χ3v) is 4.82. The van der Waals surface area contributed by atoms with Crippen molar-refractivity contribution < 1.29 is 9.47 Å². The highest BCUT2D eigenvalue weighted by atomic mass is 32.2. The molecule has 6 heteroatoms. The highest BCUT2D eigenvalue weighted by Gasteiger charge is 2.08. The van der Waals surface area contributed by atoms with Gasteiger partial charge in [0.25, 0.3) is 5.56 Å². The first kappa shape index (κ1) is 18.3. The van der Waals surface area contributed by atoms with Gasteiger partial charge in [0.15, 0.2) is 5.16 Å². The average molecular weight is 370 g/mol. The van der Waals surface area contributed by atoms with Crippen molar-refractivity contribution in [3.05, 3.63) is 58.9 Å². The number of nitrogens with zero attached hydrogens (tertiary/aromatic N) is 2. The van der Waals surface area contributed by atoms with Gasteiger partial charge in [-0.3, -0.25) is 9.36 Å². The van der Waals surface area contributed by atoms with Crippen molar-refractivity contribution in [3.63, 3.8) is 0 Å². The summed E-state index contributed by atoms with van der Waals surface area (Å²) >= 11 is 1.51.